The van der Waals surface area contributed by atoms with Crippen LogP contribution >= 0.6 is 11.3 Å². The third kappa shape index (κ3) is 7.20. The summed E-state index contributed by atoms with van der Waals surface area (Å²) in [6.45, 7) is 7.45. The van der Waals surface area contributed by atoms with E-state index in [9.17, 15) is 23.9 Å². The lowest BCUT2D eigenvalue weighted by Gasteiger charge is -2.35. The molecule has 0 spiro atoms. The third-order valence-corrected chi connectivity index (χ3v) is 9.70. The molecule has 5 rings (SSSR count). The molecule has 3 amide bonds. The number of aliphatic hydroxyl groups is 1. The monoisotopic (exact) mass is 614 g/mol. The Morgan fingerprint density at radius 3 is 2.56 bits per heavy atom. The van der Waals surface area contributed by atoms with Gasteiger partial charge in [0.1, 0.15) is 17.8 Å². The van der Waals surface area contributed by atoms with Crippen LogP contribution in [0.2, 0.25) is 0 Å². The van der Waals surface area contributed by atoms with E-state index in [0.29, 0.717) is 5.75 Å². The van der Waals surface area contributed by atoms with Crippen molar-refractivity contribution >= 4 is 29.1 Å². The van der Waals surface area contributed by atoms with E-state index in [0.717, 1.165) is 47.4 Å². The van der Waals surface area contributed by atoms with Crippen LogP contribution in [0.1, 0.15) is 83.4 Å². The Bertz CT molecular complexity index is 1350. The maximum atomic E-state index is 14.5. The maximum Gasteiger partial charge on any atom is 0.258 e. The molecule has 2 saturated carbocycles. The summed E-state index contributed by atoms with van der Waals surface area (Å²) >= 11 is 1.57. The van der Waals surface area contributed by atoms with Crippen molar-refractivity contribution < 1.29 is 28.6 Å². The van der Waals surface area contributed by atoms with Gasteiger partial charge in [0.15, 0.2) is 5.67 Å². The number of likely N-dealkylation sites (tertiary alicyclic amines) is 1. The number of nitrogens with one attached hydrogen (secondary N) is 2. The molecule has 9 nitrogen and oxygen atoms in total. The number of alkyl halides is 1. The number of aliphatic hydroxyl groups excluding tert-OH is 1. The average molecular weight is 615 g/mol. The molecular weight excluding hydrogens is 571 g/mol. The van der Waals surface area contributed by atoms with Crippen molar-refractivity contribution in [2.75, 3.05) is 6.54 Å². The number of aryl methyl sites for hydroxylation is 1. The summed E-state index contributed by atoms with van der Waals surface area (Å²) in [6.07, 6.45) is 5.00. The quantitative estimate of drug-likeness (QED) is 0.384. The van der Waals surface area contributed by atoms with E-state index in [1.807, 2.05) is 30.6 Å². The van der Waals surface area contributed by atoms with Crippen molar-refractivity contribution in [1.82, 2.24) is 20.5 Å². The molecule has 0 bridgehead atoms. The highest BCUT2D eigenvalue weighted by Crippen LogP contribution is 2.40. The zero-order valence-electron chi connectivity index (χ0n) is 25.5. The van der Waals surface area contributed by atoms with E-state index in [2.05, 4.69) is 15.6 Å². The number of aromatic nitrogens is 1. The number of hydrogen-bond donors (Lipinski definition) is 3. The van der Waals surface area contributed by atoms with E-state index in [1.165, 1.54) is 11.3 Å². The lowest BCUT2D eigenvalue weighted by molar-refractivity contribution is -0.145. The highest BCUT2D eigenvalue weighted by molar-refractivity contribution is 7.13. The Labute approximate surface area is 256 Å². The number of halogens is 1. The first-order chi connectivity index (χ1) is 20.4. The van der Waals surface area contributed by atoms with Gasteiger partial charge < -0.3 is 25.4 Å². The first-order valence-electron chi connectivity index (χ1n) is 15.3. The number of nitrogens with zero attached hydrogens (tertiary/aromatic N) is 2. The molecule has 1 aromatic carbocycles. The second-order valence-corrected chi connectivity index (χ2v) is 14.2. The third-order valence-electron chi connectivity index (χ3n) is 8.72. The van der Waals surface area contributed by atoms with Crippen molar-refractivity contribution in [1.29, 1.82) is 0 Å². The molecule has 3 N–H and O–H groups in total. The molecular formula is C32H43FN4O5S. The predicted octanol–water partition coefficient (Wildman–Crippen LogP) is 4.44. The van der Waals surface area contributed by atoms with Crippen molar-refractivity contribution in [2.24, 2.45) is 5.41 Å². The van der Waals surface area contributed by atoms with E-state index >= 15 is 0 Å². The number of hydrogen-bond acceptors (Lipinski definition) is 7. The van der Waals surface area contributed by atoms with E-state index in [1.54, 1.807) is 32.1 Å². The number of rotatable bonds is 9. The summed E-state index contributed by atoms with van der Waals surface area (Å²) < 4.78 is 21.0. The fourth-order valence-electron chi connectivity index (χ4n) is 5.91. The Morgan fingerprint density at radius 1 is 1.21 bits per heavy atom. The smallest absolute Gasteiger partial charge is 0.258 e. The van der Waals surface area contributed by atoms with Gasteiger partial charge in [-0.05, 0) is 62.5 Å². The van der Waals surface area contributed by atoms with Crippen LogP contribution in [-0.2, 0) is 20.9 Å². The largest absolute Gasteiger partial charge is 0.490 e. The van der Waals surface area contributed by atoms with Gasteiger partial charge in [0.05, 0.1) is 28.3 Å². The predicted molar refractivity (Wildman–Crippen MR) is 162 cm³/mol. The molecule has 234 valence electrons. The minimum absolute atomic E-state index is 0.0426. The minimum atomic E-state index is -1.93. The van der Waals surface area contributed by atoms with Crippen molar-refractivity contribution in [3.05, 3.63) is 35.0 Å². The molecule has 1 saturated heterocycles. The van der Waals surface area contributed by atoms with Crippen molar-refractivity contribution in [3.63, 3.8) is 0 Å². The van der Waals surface area contributed by atoms with Crippen LogP contribution in [0.5, 0.6) is 5.75 Å². The van der Waals surface area contributed by atoms with Crippen LogP contribution < -0.4 is 15.4 Å². The Morgan fingerprint density at radius 2 is 1.93 bits per heavy atom. The molecule has 0 unspecified atom stereocenters. The zero-order valence-corrected chi connectivity index (χ0v) is 26.3. The second-order valence-electron chi connectivity index (χ2n) is 13.3. The van der Waals surface area contributed by atoms with Crippen molar-refractivity contribution in [2.45, 2.75) is 116 Å². The first kappa shape index (κ1) is 31.4. The van der Waals surface area contributed by atoms with Crippen LogP contribution in [0.15, 0.2) is 23.7 Å². The molecule has 0 radical (unpaired) electrons. The summed E-state index contributed by atoms with van der Waals surface area (Å²) in [5.74, 6) is -0.997. The summed E-state index contributed by atoms with van der Waals surface area (Å²) in [5, 5.41) is 16.0. The van der Waals surface area contributed by atoms with Crippen LogP contribution in [-0.4, -0.2) is 69.2 Å². The van der Waals surface area contributed by atoms with Crippen LogP contribution in [0.3, 0.4) is 0 Å². The van der Waals surface area contributed by atoms with Gasteiger partial charge in [-0.3, -0.25) is 14.4 Å². The van der Waals surface area contributed by atoms with Gasteiger partial charge in [-0.25, -0.2) is 9.37 Å². The van der Waals surface area contributed by atoms with E-state index < -0.39 is 47.0 Å². The average Bonchev–Trinajstić information content (AvgIpc) is 3.38. The summed E-state index contributed by atoms with van der Waals surface area (Å²) in [7, 11) is 0. The Hall–Kier alpha value is -3.05. The SMILES string of the molecule is Cc1ncsc1-c1ccc(CNC(=O)[C@@H]2C[C@@H](O)CN2C(=O)[C@@H](NC(=O)C2(F)CC2)C(C)(C)C)c(OC2CCCCC2)c1. The number of β-amino-alcohol motifs (C(OH)–C–C–N with tert-alkyl or cyclic N) is 1. The molecule has 2 aromatic rings. The van der Waals surface area contributed by atoms with Gasteiger partial charge in [-0.1, -0.05) is 39.3 Å². The zero-order chi connectivity index (χ0) is 30.9. The van der Waals surface area contributed by atoms with Crippen LogP contribution in [0.4, 0.5) is 4.39 Å². The number of carbonyl (C=O) groups excluding carboxylic acids is 3. The van der Waals surface area contributed by atoms with Crippen LogP contribution in [0, 0.1) is 12.3 Å². The summed E-state index contributed by atoms with van der Waals surface area (Å²) in [4.78, 5) is 46.6. The number of carbonyl (C=O) groups is 3. The van der Waals surface area contributed by atoms with Gasteiger partial charge in [-0.2, -0.15) is 0 Å². The number of amides is 3. The van der Waals surface area contributed by atoms with Gasteiger partial charge in [0.25, 0.3) is 5.91 Å². The fraction of sp³-hybridized carbons (Fsp3) is 0.625. The maximum absolute atomic E-state index is 14.5. The summed E-state index contributed by atoms with van der Waals surface area (Å²) in [6, 6.07) is 3.99. The topological polar surface area (TPSA) is 121 Å². The van der Waals surface area contributed by atoms with Gasteiger partial charge in [0.2, 0.25) is 11.8 Å². The van der Waals surface area contributed by atoms with E-state index in [4.69, 9.17) is 4.74 Å². The lowest BCUT2D eigenvalue weighted by atomic mass is 9.85. The molecule has 2 aliphatic carbocycles. The Balaban J connectivity index is 1.31. The van der Waals surface area contributed by atoms with Gasteiger partial charge in [0, 0.05) is 25.1 Å². The lowest BCUT2D eigenvalue weighted by Crippen LogP contribution is -2.59. The molecule has 2 heterocycles. The number of thiazole rings is 1. The van der Waals surface area contributed by atoms with Gasteiger partial charge in [-0.15, -0.1) is 11.3 Å². The molecule has 11 heteroatoms. The fourth-order valence-corrected chi connectivity index (χ4v) is 6.71. The number of benzene rings is 1. The normalized spacial score (nSPS) is 22.6. The van der Waals surface area contributed by atoms with Crippen molar-refractivity contribution in [3.8, 4) is 16.2 Å². The second kappa shape index (κ2) is 12.5. The Kier molecular flexibility index (Phi) is 9.13. The molecule has 1 aliphatic heterocycles. The first-order valence-corrected chi connectivity index (χ1v) is 16.2. The van der Waals surface area contributed by atoms with E-state index in [-0.39, 0.29) is 38.5 Å². The number of ether oxygens (including phenoxy) is 1. The molecule has 43 heavy (non-hydrogen) atoms. The van der Waals surface area contributed by atoms with Gasteiger partial charge >= 0.3 is 0 Å². The summed E-state index contributed by atoms with van der Waals surface area (Å²) in [5.41, 5.74) is 1.92. The molecule has 3 aliphatic rings. The highest BCUT2D eigenvalue weighted by Gasteiger charge is 2.53. The molecule has 1 aromatic heterocycles. The van der Waals surface area contributed by atoms with Crippen LogP contribution in [0.25, 0.3) is 10.4 Å². The molecule has 3 fully saturated rings. The molecule has 3 atom stereocenters. The minimum Gasteiger partial charge on any atom is -0.490 e. The highest BCUT2D eigenvalue weighted by atomic mass is 32.1. The standard InChI is InChI=1S/C32H43FN4O5S/c1-19-26(43-18-35-19)20-10-11-21(25(14-20)42-23-8-6-5-7-9-23)16-34-28(39)24-15-22(38)17-37(24)29(40)27(31(2,3)4)36-30(41)32(33)12-13-32/h10-11,14,18,22-24,27,38H,5-9,12-13,15-17H2,1-4H3,(H,34,39)(H,36,41)/t22-,24+,27-/m1/s1.